The molecule has 0 saturated heterocycles. The van der Waals surface area contributed by atoms with Crippen molar-refractivity contribution in [1.29, 1.82) is 0 Å². The van der Waals surface area contributed by atoms with Gasteiger partial charge >= 0.3 is 0 Å². The molecular weight excluding hydrogens is 220 g/mol. The quantitative estimate of drug-likeness (QED) is 0.656. The summed E-state index contributed by atoms with van der Waals surface area (Å²) < 4.78 is 5.64. The van der Waals surface area contributed by atoms with Crippen molar-refractivity contribution in [2.24, 2.45) is 0 Å². The van der Waals surface area contributed by atoms with Gasteiger partial charge in [-0.2, -0.15) is 0 Å². The Kier molecular flexibility index (Phi) is 2.29. The van der Waals surface area contributed by atoms with Crippen LogP contribution >= 0.6 is 11.6 Å². The van der Waals surface area contributed by atoms with E-state index in [9.17, 15) is 0 Å². The smallest absolute Gasteiger partial charge is 0.137 e. The Morgan fingerprint density at radius 1 is 1.12 bits per heavy atom. The van der Waals surface area contributed by atoms with Crippen LogP contribution in [0.1, 0.15) is 23.1 Å². The molecule has 0 aliphatic heterocycles. The molecule has 1 nitrogen and oxygen atoms in total. The van der Waals surface area contributed by atoms with E-state index in [1.54, 1.807) is 6.26 Å². The van der Waals surface area contributed by atoms with Crippen LogP contribution in [0.15, 0.2) is 28.9 Å². The molecule has 0 amide bonds. The number of rotatable bonds is 0. The number of benzene rings is 1. The second kappa shape index (κ2) is 3.67. The van der Waals surface area contributed by atoms with Gasteiger partial charge in [-0.3, -0.25) is 0 Å². The first-order valence-corrected chi connectivity index (χ1v) is 6.00. The molecule has 0 N–H and O–H groups in total. The summed E-state index contributed by atoms with van der Waals surface area (Å²) in [5.74, 6) is 1.02. The molecule has 1 aliphatic carbocycles. The number of fused-ring (bicyclic) bond motifs is 3. The minimum absolute atomic E-state index is 0.822. The van der Waals surface area contributed by atoms with Crippen LogP contribution in [0.5, 0.6) is 0 Å². The predicted molar refractivity (Wildman–Crippen MR) is 65.9 cm³/mol. The van der Waals surface area contributed by atoms with E-state index in [2.05, 4.69) is 19.1 Å². The lowest BCUT2D eigenvalue weighted by Crippen LogP contribution is -1.91. The lowest BCUT2D eigenvalue weighted by molar-refractivity contribution is 0.579. The molecule has 0 saturated carbocycles. The Morgan fingerprint density at radius 3 is 2.81 bits per heavy atom. The van der Waals surface area contributed by atoms with Crippen LogP contribution in [0.2, 0.25) is 5.02 Å². The van der Waals surface area contributed by atoms with Gasteiger partial charge in [0.05, 0.1) is 6.26 Å². The summed E-state index contributed by atoms with van der Waals surface area (Å²) in [7, 11) is 0. The number of furan rings is 1. The van der Waals surface area contributed by atoms with Gasteiger partial charge in [-0.15, -0.1) is 0 Å². The first-order chi connectivity index (χ1) is 7.77. The maximum atomic E-state index is 6.19. The summed E-state index contributed by atoms with van der Waals surface area (Å²) in [4.78, 5) is 0. The van der Waals surface area contributed by atoms with Crippen molar-refractivity contribution in [2.75, 3.05) is 0 Å². The molecule has 0 atom stereocenters. The minimum Gasteiger partial charge on any atom is -0.464 e. The van der Waals surface area contributed by atoms with Gasteiger partial charge in [-0.05, 0) is 55.0 Å². The first-order valence-electron chi connectivity index (χ1n) is 5.62. The highest BCUT2D eigenvalue weighted by Gasteiger charge is 2.20. The van der Waals surface area contributed by atoms with Crippen LogP contribution < -0.4 is 0 Å². The van der Waals surface area contributed by atoms with E-state index in [0.29, 0.717) is 0 Å². The molecule has 0 unspecified atom stereocenters. The average molecular weight is 233 g/mol. The summed E-state index contributed by atoms with van der Waals surface area (Å²) in [5.41, 5.74) is 5.02. The molecule has 1 heterocycles. The predicted octanol–water partition coefficient (Wildman–Crippen LogP) is 4.40. The summed E-state index contributed by atoms with van der Waals surface area (Å²) in [6.45, 7) is 2.07. The van der Waals surface area contributed by atoms with E-state index in [0.717, 1.165) is 29.2 Å². The van der Waals surface area contributed by atoms with E-state index in [1.165, 1.54) is 23.1 Å². The Hall–Kier alpha value is -1.21. The molecule has 82 valence electrons. The number of aryl methyl sites for hydroxylation is 2. The molecule has 1 aromatic carbocycles. The summed E-state index contributed by atoms with van der Waals surface area (Å²) >= 11 is 6.19. The van der Waals surface area contributed by atoms with Crippen LogP contribution in [0.3, 0.4) is 0 Å². The fraction of sp³-hybridized carbons (Fsp3) is 0.286. The van der Waals surface area contributed by atoms with Crippen LogP contribution in [-0.2, 0) is 12.8 Å². The van der Waals surface area contributed by atoms with E-state index in [4.69, 9.17) is 16.0 Å². The normalized spacial score (nSPS) is 14.1. The van der Waals surface area contributed by atoms with E-state index < -0.39 is 0 Å². The molecule has 1 aromatic heterocycles. The molecule has 0 bridgehead atoms. The molecule has 0 fully saturated rings. The molecule has 3 rings (SSSR count). The van der Waals surface area contributed by atoms with Gasteiger partial charge in [-0.1, -0.05) is 17.7 Å². The second-order valence-electron chi connectivity index (χ2n) is 4.34. The van der Waals surface area contributed by atoms with Crippen molar-refractivity contribution in [3.05, 3.63) is 46.2 Å². The molecule has 2 heteroatoms. The van der Waals surface area contributed by atoms with Crippen molar-refractivity contribution in [3.63, 3.8) is 0 Å². The lowest BCUT2D eigenvalue weighted by atomic mass is 9.98. The van der Waals surface area contributed by atoms with Crippen LogP contribution in [0, 0.1) is 6.92 Å². The highest BCUT2D eigenvalue weighted by atomic mass is 35.5. The van der Waals surface area contributed by atoms with Crippen LogP contribution in [0.25, 0.3) is 11.3 Å². The minimum atomic E-state index is 0.822. The van der Waals surface area contributed by atoms with Gasteiger partial charge in [0.15, 0.2) is 0 Å². The Morgan fingerprint density at radius 2 is 1.94 bits per heavy atom. The number of hydrogen-bond acceptors (Lipinski definition) is 1. The molecule has 0 spiro atoms. The SMILES string of the molecule is Cc1c(Cl)ccc2c1-c1occc1CCC2. The van der Waals surface area contributed by atoms with Gasteiger partial charge in [0, 0.05) is 10.6 Å². The standard InChI is InChI=1S/C14H13ClO/c1-9-12(15)6-5-10-3-2-4-11-7-8-16-14(11)13(9)10/h5-8H,2-4H2,1H3. The third kappa shape index (κ3) is 1.39. The average Bonchev–Trinajstić information content (AvgIpc) is 2.65. The van der Waals surface area contributed by atoms with E-state index in [-0.39, 0.29) is 0 Å². The summed E-state index contributed by atoms with van der Waals surface area (Å²) in [6, 6.07) is 6.19. The van der Waals surface area contributed by atoms with Crippen LogP contribution in [-0.4, -0.2) is 0 Å². The number of hydrogen-bond donors (Lipinski definition) is 0. The van der Waals surface area contributed by atoms with Crippen molar-refractivity contribution in [1.82, 2.24) is 0 Å². The second-order valence-corrected chi connectivity index (χ2v) is 4.74. The fourth-order valence-corrected chi connectivity index (χ4v) is 2.65. The largest absolute Gasteiger partial charge is 0.464 e. The fourth-order valence-electron chi connectivity index (χ4n) is 2.49. The van der Waals surface area contributed by atoms with Gasteiger partial charge < -0.3 is 4.42 Å². The van der Waals surface area contributed by atoms with Crippen molar-refractivity contribution in [3.8, 4) is 11.3 Å². The summed E-state index contributed by atoms with van der Waals surface area (Å²) in [5, 5.41) is 0.822. The Labute approximate surface area is 100 Å². The topological polar surface area (TPSA) is 13.1 Å². The van der Waals surface area contributed by atoms with Crippen molar-refractivity contribution < 1.29 is 4.42 Å². The Balaban J connectivity index is 2.33. The molecule has 0 radical (unpaired) electrons. The van der Waals surface area contributed by atoms with Gasteiger partial charge in [-0.25, -0.2) is 0 Å². The van der Waals surface area contributed by atoms with Gasteiger partial charge in [0.1, 0.15) is 5.76 Å². The van der Waals surface area contributed by atoms with Crippen molar-refractivity contribution >= 4 is 11.6 Å². The lowest BCUT2D eigenvalue weighted by Gasteiger charge is -2.10. The monoisotopic (exact) mass is 232 g/mol. The first kappa shape index (κ1) is 9.98. The molecule has 1 aliphatic rings. The number of halogens is 1. The molecule has 2 aromatic rings. The highest BCUT2D eigenvalue weighted by molar-refractivity contribution is 6.31. The third-order valence-electron chi connectivity index (χ3n) is 3.35. The van der Waals surface area contributed by atoms with Gasteiger partial charge in [0.25, 0.3) is 0 Å². The van der Waals surface area contributed by atoms with E-state index in [1.807, 2.05) is 6.07 Å². The van der Waals surface area contributed by atoms with E-state index >= 15 is 0 Å². The maximum absolute atomic E-state index is 6.19. The maximum Gasteiger partial charge on any atom is 0.137 e. The molecule has 16 heavy (non-hydrogen) atoms. The van der Waals surface area contributed by atoms with Gasteiger partial charge in [0.2, 0.25) is 0 Å². The molecular formula is C14H13ClO. The highest BCUT2D eigenvalue weighted by Crippen LogP contribution is 2.37. The zero-order chi connectivity index (χ0) is 11.1. The van der Waals surface area contributed by atoms with Crippen molar-refractivity contribution in [2.45, 2.75) is 26.2 Å². The zero-order valence-corrected chi connectivity index (χ0v) is 9.97. The summed E-state index contributed by atoms with van der Waals surface area (Å²) in [6.07, 6.45) is 5.16. The van der Waals surface area contributed by atoms with Crippen LogP contribution in [0.4, 0.5) is 0 Å². The zero-order valence-electron chi connectivity index (χ0n) is 9.22. The third-order valence-corrected chi connectivity index (χ3v) is 3.76. The Bertz CT molecular complexity index is 540.